The highest BCUT2D eigenvalue weighted by Gasteiger charge is 2.30. The zero-order valence-corrected chi connectivity index (χ0v) is 13.8. The van der Waals surface area contributed by atoms with Gasteiger partial charge in [0, 0.05) is 0 Å². The van der Waals surface area contributed by atoms with Gasteiger partial charge in [-0.2, -0.15) is 18.4 Å². The predicted molar refractivity (Wildman–Crippen MR) is 83.2 cm³/mol. The third-order valence-corrected chi connectivity index (χ3v) is 4.71. The van der Waals surface area contributed by atoms with Gasteiger partial charge in [-0.3, -0.25) is 0 Å². The summed E-state index contributed by atoms with van der Waals surface area (Å²) in [6.07, 6.45) is -4.46. The van der Waals surface area contributed by atoms with E-state index in [1.54, 1.807) is 6.07 Å². The molecule has 0 saturated carbocycles. The second-order valence-electron chi connectivity index (χ2n) is 4.96. The van der Waals surface area contributed by atoms with Crippen LogP contribution in [0.3, 0.4) is 0 Å². The van der Waals surface area contributed by atoms with Gasteiger partial charge in [0.15, 0.2) is 0 Å². The van der Waals surface area contributed by atoms with Crippen LogP contribution in [0.15, 0.2) is 47.4 Å². The minimum atomic E-state index is -4.46. The Morgan fingerprint density at radius 3 is 2.52 bits per heavy atom. The van der Waals surface area contributed by atoms with Crippen molar-refractivity contribution in [1.29, 1.82) is 5.26 Å². The lowest BCUT2D eigenvalue weighted by Gasteiger charge is -2.11. The van der Waals surface area contributed by atoms with E-state index in [4.69, 9.17) is 10.00 Å². The molecule has 0 aliphatic rings. The Kier molecular flexibility index (Phi) is 5.35. The quantitative estimate of drug-likeness (QED) is 0.877. The highest BCUT2D eigenvalue weighted by atomic mass is 32.2. The van der Waals surface area contributed by atoms with E-state index in [1.807, 2.05) is 0 Å². The average molecular weight is 370 g/mol. The maximum absolute atomic E-state index is 12.7. The Morgan fingerprint density at radius 1 is 1.20 bits per heavy atom. The van der Waals surface area contributed by atoms with E-state index in [2.05, 4.69) is 4.72 Å². The second-order valence-corrected chi connectivity index (χ2v) is 6.85. The van der Waals surface area contributed by atoms with Crippen molar-refractivity contribution >= 4 is 10.0 Å². The number of rotatable bonds is 5. The predicted octanol–water partition coefficient (Wildman–Crippen LogP) is 3.06. The van der Waals surface area contributed by atoms with Gasteiger partial charge >= 0.3 is 6.18 Å². The minimum Gasteiger partial charge on any atom is -0.488 e. The number of halogens is 3. The number of hydrogen-bond acceptors (Lipinski definition) is 4. The smallest absolute Gasteiger partial charge is 0.416 e. The number of sulfonamides is 1. The van der Waals surface area contributed by atoms with Crippen molar-refractivity contribution < 1.29 is 26.3 Å². The molecule has 132 valence electrons. The lowest BCUT2D eigenvalue weighted by molar-refractivity contribution is -0.137. The van der Waals surface area contributed by atoms with E-state index in [1.165, 1.54) is 31.3 Å². The summed E-state index contributed by atoms with van der Waals surface area (Å²) in [6, 6.07) is 10.1. The fraction of sp³-hybridized carbons (Fsp3) is 0.188. The zero-order valence-electron chi connectivity index (χ0n) is 13.0. The fourth-order valence-corrected chi connectivity index (χ4v) is 2.76. The van der Waals surface area contributed by atoms with E-state index in [0.29, 0.717) is 0 Å². The summed E-state index contributed by atoms with van der Waals surface area (Å²) >= 11 is 0. The number of nitrogens with zero attached hydrogens (tertiary/aromatic N) is 1. The van der Waals surface area contributed by atoms with Gasteiger partial charge in [-0.15, -0.1) is 0 Å². The SMILES string of the molecule is CNS(=O)(=O)c1ccc(OCc2cccc(C(F)(F)F)c2)c(C#N)c1. The second kappa shape index (κ2) is 7.13. The van der Waals surface area contributed by atoms with Gasteiger partial charge in [0.2, 0.25) is 10.0 Å². The summed E-state index contributed by atoms with van der Waals surface area (Å²) < 4.78 is 69.0. The van der Waals surface area contributed by atoms with Crippen LogP contribution in [0, 0.1) is 11.3 Å². The van der Waals surface area contributed by atoms with Crippen molar-refractivity contribution in [1.82, 2.24) is 4.72 Å². The van der Waals surface area contributed by atoms with Gasteiger partial charge in [-0.1, -0.05) is 12.1 Å². The summed E-state index contributed by atoms with van der Waals surface area (Å²) in [6.45, 7) is -0.198. The van der Waals surface area contributed by atoms with Crippen molar-refractivity contribution in [2.24, 2.45) is 0 Å². The molecule has 0 aliphatic heterocycles. The monoisotopic (exact) mass is 370 g/mol. The number of nitrogens with one attached hydrogen (secondary N) is 1. The third kappa shape index (κ3) is 4.49. The molecule has 0 atom stereocenters. The van der Waals surface area contributed by atoms with Gasteiger partial charge in [0.1, 0.15) is 18.4 Å². The fourth-order valence-electron chi connectivity index (χ4n) is 2.01. The van der Waals surface area contributed by atoms with Crippen LogP contribution in [0.4, 0.5) is 13.2 Å². The average Bonchev–Trinajstić information content (AvgIpc) is 2.59. The van der Waals surface area contributed by atoms with Crippen LogP contribution in [0.2, 0.25) is 0 Å². The van der Waals surface area contributed by atoms with E-state index in [0.717, 1.165) is 18.2 Å². The maximum atomic E-state index is 12.7. The summed E-state index contributed by atoms with van der Waals surface area (Å²) in [4.78, 5) is -0.113. The summed E-state index contributed by atoms with van der Waals surface area (Å²) in [5.41, 5.74) is -0.571. The molecule has 0 fully saturated rings. The first kappa shape index (κ1) is 18.8. The number of ether oxygens (including phenoxy) is 1. The summed E-state index contributed by atoms with van der Waals surface area (Å²) in [5.74, 6) is 0.0787. The van der Waals surface area contributed by atoms with Crippen LogP contribution in [0.5, 0.6) is 5.75 Å². The molecule has 0 aliphatic carbocycles. The van der Waals surface area contributed by atoms with Crippen molar-refractivity contribution in [3.05, 3.63) is 59.2 Å². The Hall–Kier alpha value is -2.57. The van der Waals surface area contributed by atoms with Crippen LogP contribution >= 0.6 is 0 Å². The van der Waals surface area contributed by atoms with Crippen LogP contribution in [0.1, 0.15) is 16.7 Å². The first-order valence-electron chi connectivity index (χ1n) is 6.94. The van der Waals surface area contributed by atoms with Gasteiger partial charge in [0.25, 0.3) is 0 Å². The number of hydrogen-bond donors (Lipinski definition) is 1. The molecule has 0 saturated heterocycles. The van der Waals surface area contributed by atoms with Crippen LogP contribution in [-0.2, 0) is 22.8 Å². The molecule has 0 radical (unpaired) electrons. The van der Waals surface area contributed by atoms with Gasteiger partial charge in [-0.25, -0.2) is 13.1 Å². The van der Waals surface area contributed by atoms with Gasteiger partial charge in [0.05, 0.1) is 16.0 Å². The van der Waals surface area contributed by atoms with E-state index < -0.39 is 21.8 Å². The molecule has 2 aromatic carbocycles. The molecule has 0 unspecified atom stereocenters. The van der Waals surface area contributed by atoms with Crippen LogP contribution in [0.25, 0.3) is 0 Å². The molecule has 0 aromatic heterocycles. The number of nitriles is 1. The molecule has 0 bridgehead atoms. The van der Waals surface area contributed by atoms with Gasteiger partial charge in [-0.05, 0) is 42.9 Å². The van der Waals surface area contributed by atoms with Crippen LogP contribution < -0.4 is 9.46 Å². The topological polar surface area (TPSA) is 79.2 Å². The normalized spacial score (nSPS) is 11.8. The van der Waals surface area contributed by atoms with E-state index in [9.17, 15) is 21.6 Å². The molecule has 0 amide bonds. The highest BCUT2D eigenvalue weighted by molar-refractivity contribution is 7.89. The maximum Gasteiger partial charge on any atom is 0.416 e. The first-order chi connectivity index (χ1) is 11.7. The molecule has 1 N–H and O–H groups in total. The van der Waals surface area contributed by atoms with Crippen LogP contribution in [-0.4, -0.2) is 15.5 Å². The summed E-state index contributed by atoms with van der Waals surface area (Å²) in [5, 5.41) is 9.14. The number of alkyl halides is 3. The molecule has 0 heterocycles. The molecular weight excluding hydrogens is 357 g/mol. The molecular formula is C16H13F3N2O3S. The van der Waals surface area contributed by atoms with E-state index in [-0.39, 0.29) is 28.4 Å². The molecule has 25 heavy (non-hydrogen) atoms. The van der Waals surface area contributed by atoms with E-state index >= 15 is 0 Å². The number of benzene rings is 2. The minimum absolute atomic E-state index is 0.0386. The standard InChI is InChI=1S/C16H13F3N2O3S/c1-21-25(22,23)14-5-6-15(12(8-14)9-20)24-10-11-3-2-4-13(7-11)16(17,18)19/h2-8,21H,10H2,1H3. The van der Waals surface area contributed by atoms with Gasteiger partial charge < -0.3 is 4.74 Å². The highest BCUT2D eigenvalue weighted by Crippen LogP contribution is 2.30. The Labute approximate surface area is 142 Å². The lowest BCUT2D eigenvalue weighted by Crippen LogP contribution is -2.18. The molecule has 9 heteroatoms. The third-order valence-electron chi connectivity index (χ3n) is 3.30. The molecule has 5 nitrogen and oxygen atoms in total. The zero-order chi connectivity index (χ0) is 18.7. The Balaban J connectivity index is 2.23. The Morgan fingerprint density at radius 2 is 1.92 bits per heavy atom. The Bertz CT molecular complexity index is 919. The molecule has 2 rings (SSSR count). The van der Waals surface area contributed by atoms with Crippen molar-refractivity contribution in [3.8, 4) is 11.8 Å². The van der Waals surface area contributed by atoms with Crippen molar-refractivity contribution in [3.63, 3.8) is 0 Å². The lowest BCUT2D eigenvalue weighted by atomic mass is 10.1. The van der Waals surface area contributed by atoms with Crippen molar-refractivity contribution in [2.45, 2.75) is 17.7 Å². The first-order valence-corrected chi connectivity index (χ1v) is 8.42. The largest absolute Gasteiger partial charge is 0.488 e. The van der Waals surface area contributed by atoms with Crippen molar-refractivity contribution in [2.75, 3.05) is 7.05 Å². The molecule has 0 spiro atoms. The summed E-state index contributed by atoms with van der Waals surface area (Å²) in [7, 11) is -2.48. The molecule has 2 aromatic rings.